The Morgan fingerprint density at radius 2 is 1.84 bits per heavy atom. The van der Waals surface area contributed by atoms with E-state index < -0.39 is 0 Å². The molecular formula is C20H27N3OS. The number of piperazine rings is 1. The molecule has 5 heteroatoms. The van der Waals surface area contributed by atoms with Crippen LogP contribution in [0.25, 0.3) is 0 Å². The smallest absolute Gasteiger partial charge is 0.265 e. The molecule has 3 rings (SSSR count). The zero-order chi connectivity index (χ0) is 17.8. The molecule has 134 valence electrons. The van der Waals surface area contributed by atoms with Gasteiger partial charge in [0.25, 0.3) is 5.91 Å². The standard InChI is InChI=1S/C20H27N3OS/c1-4-18-15(2)13-19(25-18)20(24)21-17-7-5-16(6-8-17)14-23-11-9-22(3)10-12-23/h5-8,13H,4,9-12,14H2,1-3H3,(H,21,24). The van der Waals surface area contributed by atoms with Gasteiger partial charge in [0.15, 0.2) is 0 Å². The molecule has 0 bridgehead atoms. The second-order valence-electron chi connectivity index (χ2n) is 6.80. The van der Waals surface area contributed by atoms with Gasteiger partial charge < -0.3 is 10.2 Å². The molecule has 2 aromatic rings. The van der Waals surface area contributed by atoms with Gasteiger partial charge in [-0.1, -0.05) is 19.1 Å². The first-order chi connectivity index (χ1) is 12.0. The van der Waals surface area contributed by atoms with E-state index in [2.05, 4.69) is 48.1 Å². The lowest BCUT2D eigenvalue weighted by Gasteiger charge is -2.32. The number of nitrogens with zero attached hydrogens (tertiary/aromatic N) is 2. The minimum Gasteiger partial charge on any atom is -0.321 e. The monoisotopic (exact) mass is 357 g/mol. The Morgan fingerprint density at radius 1 is 1.16 bits per heavy atom. The molecule has 1 aliphatic rings. The molecule has 25 heavy (non-hydrogen) atoms. The maximum atomic E-state index is 12.4. The molecule has 0 saturated carbocycles. The number of carbonyl (C=O) groups excluding carboxylic acids is 1. The highest BCUT2D eigenvalue weighted by molar-refractivity contribution is 7.14. The van der Waals surface area contributed by atoms with Crippen molar-refractivity contribution < 1.29 is 4.79 Å². The van der Waals surface area contributed by atoms with E-state index in [1.54, 1.807) is 11.3 Å². The summed E-state index contributed by atoms with van der Waals surface area (Å²) in [5.74, 6) is -0.0142. The average molecular weight is 358 g/mol. The third-order valence-electron chi connectivity index (χ3n) is 4.78. The quantitative estimate of drug-likeness (QED) is 0.888. The van der Waals surface area contributed by atoms with E-state index >= 15 is 0 Å². The van der Waals surface area contributed by atoms with Crippen molar-refractivity contribution in [3.63, 3.8) is 0 Å². The largest absolute Gasteiger partial charge is 0.321 e. The van der Waals surface area contributed by atoms with Gasteiger partial charge in [-0.05, 0) is 49.7 Å². The summed E-state index contributed by atoms with van der Waals surface area (Å²) in [6.07, 6.45) is 0.977. The van der Waals surface area contributed by atoms with E-state index in [9.17, 15) is 4.79 Å². The first-order valence-corrected chi connectivity index (χ1v) is 9.77. The minimum absolute atomic E-state index is 0.0142. The number of thiophene rings is 1. The zero-order valence-electron chi connectivity index (χ0n) is 15.3. The Morgan fingerprint density at radius 3 is 2.44 bits per heavy atom. The lowest BCUT2D eigenvalue weighted by atomic mass is 10.1. The van der Waals surface area contributed by atoms with Crippen LogP contribution < -0.4 is 5.32 Å². The Hall–Kier alpha value is -1.69. The van der Waals surface area contributed by atoms with Gasteiger partial charge in [-0.3, -0.25) is 9.69 Å². The molecule has 1 aromatic carbocycles. The van der Waals surface area contributed by atoms with E-state index in [0.717, 1.165) is 49.7 Å². The fourth-order valence-electron chi connectivity index (χ4n) is 3.13. The number of hydrogen-bond acceptors (Lipinski definition) is 4. The normalized spacial score (nSPS) is 16.1. The molecule has 1 amide bonds. The van der Waals surface area contributed by atoms with Crippen molar-refractivity contribution in [3.8, 4) is 0 Å². The van der Waals surface area contributed by atoms with Gasteiger partial charge in [0.2, 0.25) is 0 Å². The third-order valence-corrected chi connectivity index (χ3v) is 6.16. The van der Waals surface area contributed by atoms with Crippen LogP contribution in [0.2, 0.25) is 0 Å². The van der Waals surface area contributed by atoms with Gasteiger partial charge in [0.05, 0.1) is 4.88 Å². The van der Waals surface area contributed by atoms with Crippen molar-refractivity contribution in [2.75, 3.05) is 38.5 Å². The topological polar surface area (TPSA) is 35.6 Å². The number of rotatable bonds is 5. The fourth-order valence-corrected chi connectivity index (χ4v) is 4.14. The van der Waals surface area contributed by atoms with Crippen LogP contribution >= 0.6 is 11.3 Å². The molecule has 2 heterocycles. The van der Waals surface area contributed by atoms with Gasteiger partial charge in [-0.25, -0.2) is 0 Å². The van der Waals surface area contributed by atoms with Gasteiger partial charge in [-0.15, -0.1) is 11.3 Å². The molecule has 1 fully saturated rings. The van der Waals surface area contributed by atoms with Crippen molar-refractivity contribution >= 4 is 22.9 Å². The summed E-state index contributed by atoms with van der Waals surface area (Å²) in [7, 11) is 2.17. The van der Waals surface area contributed by atoms with Crippen LogP contribution in [0.15, 0.2) is 30.3 Å². The van der Waals surface area contributed by atoms with Crippen LogP contribution in [0.1, 0.15) is 32.6 Å². The first kappa shape index (κ1) is 18.1. The number of aryl methyl sites for hydroxylation is 2. The van der Waals surface area contributed by atoms with E-state index in [4.69, 9.17) is 0 Å². The predicted molar refractivity (Wildman–Crippen MR) is 106 cm³/mol. The Kier molecular flexibility index (Phi) is 5.89. The van der Waals surface area contributed by atoms with E-state index in [-0.39, 0.29) is 5.91 Å². The molecule has 0 spiro atoms. The summed E-state index contributed by atoms with van der Waals surface area (Å²) in [6, 6.07) is 10.2. The van der Waals surface area contributed by atoms with Crippen molar-refractivity contribution in [2.45, 2.75) is 26.8 Å². The summed E-state index contributed by atoms with van der Waals surface area (Å²) < 4.78 is 0. The zero-order valence-corrected chi connectivity index (χ0v) is 16.2. The van der Waals surface area contributed by atoms with E-state index in [1.807, 2.05) is 18.2 Å². The lowest BCUT2D eigenvalue weighted by molar-refractivity contribution is 0.103. The van der Waals surface area contributed by atoms with Gasteiger partial charge in [0.1, 0.15) is 0 Å². The second kappa shape index (κ2) is 8.13. The maximum Gasteiger partial charge on any atom is 0.265 e. The molecule has 0 atom stereocenters. The van der Waals surface area contributed by atoms with E-state index in [1.165, 1.54) is 16.0 Å². The molecule has 1 saturated heterocycles. The number of hydrogen-bond donors (Lipinski definition) is 1. The van der Waals surface area contributed by atoms with Crippen molar-refractivity contribution in [3.05, 3.63) is 51.2 Å². The highest BCUT2D eigenvalue weighted by atomic mass is 32.1. The number of carbonyl (C=O) groups is 1. The number of anilines is 1. The number of benzene rings is 1. The third kappa shape index (κ3) is 4.69. The second-order valence-corrected chi connectivity index (χ2v) is 7.94. The predicted octanol–water partition coefficient (Wildman–Crippen LogP) is 3.62. The molecule has 0 unspecified atom stereocenters. The van der Waals surface area contributed by atoms with E-state index in [0.29, 0.717) is 0 Å². The van der Waals surface area contributed by atoms with Crippen molar-refractivity contribution in [1.82, 2.24) is 9.80 Å². The van der Waals surface area contributed by atoms with Crippen LogP contribution in [0.4, 0.5) is 5.69 Å². The summed E-state index contributed by atoms with van der Waals surface area (Å²) >= 11 is 1.59. The van der Waals surface area contributed by atoms with Gasteiger partial charge in [0, 0.05) is 43.3 Å². The Balaban J connectivity index is 1.57. The van der Waals surface area contributed by atoms with Crippen LogP contribution in [0, 0.1) is 6.92 Å². The number of amides is 1. The highest BCUT2D eigenvalue weighted by Gasteiger charge is 2.14. The molecule has 1 aromatic heterocycles. The van der Waals surface area contributed by atoms with Crippen molar-refractivity contribution in [1.29, 1.82) is 0 Å². The first-order valence-electron chi connectivity index (χ1n) is 8.95. The molecule has 4 nitrogen and oxygen atoms in total. The minimum atomic E-state index is -0.0142. The van der Waals surface area contributed by atoms with Crippen molar-refractivity contribution in [2.24, 2.45) is 0 Å². The number of likely N-dealkylation sites (N-methyl/N-ethyl adjacent to an activating group) is 1. The lowest BCUT2D eigenvalue weighted by Crippen LogP contribution is -2.43. The molecule has 1 N–H and O–H groups in total. The SMILES string of the molecule is CCc1sc(C(=O)Nc2ccc(CN3CCN(C)CC3)cc2)cc1C. The van der Waals surface area contributed by atoms with Crippen LogP contribution in [0.5, 0.6) is 0 Å². The Bertz CT molecular complexity index is 715. The summed E-state index contributed by atoms with van der Waals surface area (Å²) in [5.41, 5.74) is 3.36. The van der Waals surface area contributed by atoms with Gasteiger partial charge in [-0.2, -0.15) is 0 Å². The van der Waals surface area contributed by atoms with Crippen LogP contribution in [0.3, 0.4) is 0 Å². The van der Waals surface area contributed by atoms with Crippen LogP contribution in [-0.2, 0) is 13.0 Å². The van der Waals surface area contributed by atoms with Gasteiger partial charge >= 0.3 is 0 Å². The average Bonchev–Trinajstić information content (AvgIpc) is 3.00. The maximum absolute atomic E-state index is 12.4. The summed E-state index contributed by atoms with van der Waals surface area (Å²) in [6.45, 7) is 9.67. The Labute approximate surface area is 154 Å². The highest BCUT2D eigenvalue weighted by Crippen LogP contribution is 2.23. The molecular weight excluding hydrogens is 330 g/mol. The summed E-state index contributed by atoms with van der Waals surface area (Å²) in [4.78, 5) is 19.3. The van der Waals surface area contributed by atoms with Crippen LogP contribution in [-0.4, -0.2) is 48.9 Å². The molecule has 0 radical (unpaired) electrons. The molecule has 1 aliphatic heterocycles. The summed E-state index contributed by atoms with van der Waals surface area (Å²) in [5, 5.41) is 3.01. The molecule has 0 aliphatic carbocycles. The number of nitrogens with one attached hydrogen (secondary N) is 1. The fraction of sp³-hybridized carbons (Fsp3) is 0.450.